The number of carbonyl (C=O) groups is 1. The summed E-state index contributed by atoms with van der Waals surface area (Å²) in [6.45, 7) is 4.17. The maximum Gasteiger partial charge on any atom is 0.137 e. The average molecular weight is 521 g/mol. The Morgan fingerprint density at radius 3 is 2.44 bits per heavy atom. The number of anilines is 2. The predicted molar refractivity (Wildman–Crippen MR) is 158 cm³/mol. The number of hydrogen-bond acceptors (Lipinski definition) is 4. The van der Waals surface area contributed by atoms with Crippen molar-refractivity contribution in [1.82, 2.24) is 5.32 Å². The Morgan fingerprint density at radius 2 is 1.69 bits per heavy atom. The number of amidine groups is 2. The number of halogens is 1. The summed E-state index contributed by atoms with van der Waals surface area (Å²) in [6, 6.07) is 20.7. The van der Waals surface area contributed by atoms with Crippen LogP contribution in [0.15, 0.2) is 66.7 Å². The number of nitrogens with one attached hydrogen (secondary N) is 4. The molecule has 6 heteroatoms. The fourth-order valence-corrected chi connectivity index (χ4v) is 5.33. The van der Waals surface area contributed by atoms with Crippen LogP contribution in [0.25, 0.3) is 21.9 Å². The van der Waals surface area contributed by atoms with E-state index < -0.39 is 0 Å². The van der Waals surface area contributed by atoms with E-state index in [9.17, 15) is 9.18 Å². The van der Waals surface area contributed by atoms with Gasteiger partial charge in [-0.15, -0.1) is 0 Å². The summed E-state index contributed by atoms with van der Waals surface area (Å²) in [4.78, 5) is 12.1. The Bertz CT molecular complexity index is 1590. The normalized spacial score (nSPS) is 12.5. The molecule has 198 valence electrons. The van der Waals surface area contributed by atoms with E-state index in [1.165, 1.54) is 17.7 Å². The minimum atomic E-state index is -0.387. The molecule has 1 aliphatic heterocycles. The Balaban J connectivity index is 1.65. The van der Waals surface area contributed by atoms with Crippen LogP contribution in [0.4, 0.5) is 15.8 Å². The van der Waals surface area contributed by atoms with Gasteiger partial charge in [0.25, 0.3) is 0 Å². The van der Waals surface area contributed by atoms with Crippen LogP contribution < -0.4 is 10.6 Å². The molecule has 1 aliphatic rings. The molecule has 0 spiro atoms. The van der Waals surface area contributed by atoms with Crippen LogP contribution in [0, 0.1) is 16.6 Å². The molecule has 0 amide bonds. The molecule has 4 N–H and O–H groups in total. The van der Waals surface area contributed by atoms with Crippen LogP contribution in [0.5, 0.6) is 0 Å². The molecule has 4 aromatic rings. The van der Waals surface area contributed by atoms with Crippen molar-refractivity contribution in [3.05, 3.63) is 94.8 Å². The lowest BCUT2D eigenvalue weighted by atomic mass is 9.88. The number of Topliss-reactive ketones (excluding diaryl/α,β-unsaturated/α-hetero) is 1. The molecule has 0 aliphatic carbocycles. The van der Waals surface area contributed by atoms with E-state index in [0.29, 0.717) is 35.0 Å². The number of unbranched alkanes of at least 4 members (excludes halogenated alkanes) is 1. The van der Waals surface area contributed by atoms with E-state index in [4.69, 9.17) is 10.8 Å². The van der Waals surface area contributed by atoms with Gasteiger partial charge in [-0.25, -0.2) is 4.39 Å². The molecule has 0 atom stereocenters. The van der Waals surface area contributed by atoms with Crippen molar-refractivity contribution < 1.29 is 9.18 Å². The van der Waals surface area contributed by atoms with E-state index in [1.807, 2.05) is 43.3 Å². The third-order valence-electron chi connectivity index (χ3n) is 7.17. The van der Waals surface area contributed by atoms with Gasteiger partial charge in [0.2, 0.25) is 0 Å². The van der Waals surface area contributed by atoms with Crippen molar-refractivity contribution in [2.24, 2.45) is 0 Å². The predicted octanol–water partition coefficient (Wildman–Crippen LogP) is 7.90. The first kappa shape index (κ1) is 26.3. The summed E-state index contributed by atoms with van der Waals surface area (Å²) in [5.41, 5.74) is 6.51. The first-order valence-corrected chi connectivity index (χ1v) is 13.6. The Hall–Kier alpha value is -4.32. The molecule has 5 rings (SSSR count). The summed E-state index contributed by atoms with van der Waals surface area (Å²) < 4.78 is 15.0. The zero-order chi connectivity index (χ0) is 27.5. The SMILES string of the molecule is CCCCc1cccc(-c2c3c(cc4cc(F)cc(Nc5ccc(CC(=O)CCC)cc5)c24)C(=N)NC3=N)c1. The third-order valence-corrected chi connectivity index (χ3v) is 7.17. The number of hydrogen-bond donors (Lipinski definition) is 4. The highest BCUT2D eigenvalue weighted by Crippen LogP contribution is 2.42. The van der Waals surface area contributed by atoms with E-state index in [-0.39, 0.29) is 23.3 Å². The number of aryl methyl sites for hydroxylation is 1. The molecule has 0 aromatic heterocycles. The molecular weight excluding hydrogens is 487 g/mol. The van der Waals surface area contributed by atoms with Crippen LogP contribution in [0.2, 0.25) is 0 Å². The maximum absolute atomic E-state index is 15.0. The molecular formula is C33H33FN4O. The summed E-state index contributed by atoms with van der Waals surface area (Å²) in [7, 11) is 0. The van der Waals surface area contributed by atoms with Gasteiger partial charge in [-0.1, -0.05) is 56.7 Å². The third kappa shape index (κ3) is 5.46. The quantitative estimate of drug-likeness (QED) is 0.171. The van der Waals surface area contributed by atoms with Crippen molar-refractivity contribution in [2.75, 3.05) is 5.32 Å². The second-order valence-corrected chi connectivity index (χ2v) is 10.2. The van der Waals surface area contributed by atoms with Crippen molar-refractivity contribution in [3.63, 3.8) is 0 Å². The second kappa shape index (κ2) is 11.2. The molecule has 0 saturated heterocycles. The molecule has 0 bridgehead atoms. The largest absolute Gasteiger partial charge is 0.355 e. The molecule has 0 radical (unpaired) electrons. The summed E-state index contributed by atoms with van der Waals surface area (Å²) >= 11 is 0. The molecule has 1 heterocycles. The van der Waals surface area contributed by atoms with E-state index >= 15 is 0 Å². The van der Waals surface area contributed by atoms with Gasteiger partial charge < -0.3 is 10.6 Å². The molecule has 4 aromatic carbocycles. The monoisotopic (exact) mass is 520 g/mol. The number of ketones is 1. The van der Waals surface area contributed by atoms with E-state index in [0.717, 1.165) is 53.4 Å². The topological polar surface area (TPSA) is 88.8 Å². The Morgan fingerprint density at radius 1 is 0.897 bits per heavy atom. The second-order valence-electron chi connectivity index (χ2n) is 10.2. The number of rotatable bonds is 10. The highest BCUT2D eigenvalue weighted by molar-refractivity contribution is 6.29. The molecule has 39 heavy (non-hydrogen) atoms. The Labute approximate surface area is 228 Å². The summed E-state index contributed by atoms with van der Waals surface area (Å²) in [5.74, 6) is 0.145. The van der Waals surface area contributed by atoms with Gasteiger partial charge in [-0.05, 0) is 71.7 Å². The van der Waals surface area contributed by atoms with Crippen LogP contribution in [-0.2, 0) is 17.6 Å². The van der Waals surface area contributed by atoms with Crippen molar-refractivity contribution in [1.29, 1.82) is 10.8 Å². The zero-order valence-electron chi connectivity index (χ0n) is 22.4. The van der Waals surface area contributed by atoms with Gasteiger partial charge in [-0.2, -0.15) is 0 Å². The van der Waals surface area contributed by atoms with Crippen LogP contribution in [0.1, 0.15) is 61.8 Å². The lowest BCUT2D eigenvalue weighted by Crippen LogP contribution is -2.20. The smallest absolute Gasteiger partial charge is 0.137 e. The van der Waals surface area contributed by atoms with Crippen LogP contribution in [0.3, 0.4) is 0 Å². The molecule has 5 nitrogen and oxygen atoms in total. The van der Waals surface area contributed by atoms with Gasteiger partial charge in [-0.3, -0.25) is 15.6 Å². The first-order valence-electron chi connectivity index (χ1n) is 13.6. The van der Waals surface area contributed by atoms with Crippen LogP contribution in [-0.4, -0.2) is 17.5 Å². The fourth-order valence-electron chi connectivity index (χ4n) is 5.33. The Kier molecular flexibility index (Phi) is 7.55. The van der Waals surface area contributed by atoms with Crippen molar-refractivity contribution in [3.8, 4) is 11.1 Å². The fraction of sp³-hybridized carbons (Fsp3) is 0.242. The lowest BCUT2D eigenvalue weighted by Gasteiger charge is -2.18. The number of carbonyl (C=O) groups excluding carboxylic acids is 1. The van der Waals surface area contributed by atoms with Gasteiger partial charge in [0.1, 0.15) is 23.3 Å². The van der Waals surface area contributed by atoms with E-state index in [2.05, 4.69) is 29.7 Å². The minimum absolute atomic E-state index is 0.146. The van der Waals surface area contributed by atoms with Gasteiger partial charge >= 0.3 is 0 Å². The molecule has 0 fully saturated rings. The maximum atomic E-state index is 15.0. The molecule has 0 saturated carbocycles. The van der Waals surface area contributed by atoms with Crippen LogP contribution >= 0.6 is 0 Å². The van der Waals surface area contributed by atoms with E-state index in [1.54, 1.807) is 6.07 Å². The molecule has 0 unspecified atom stereocenters. The zero-order valence-corrected chi connectivity index (χ0v) is 22.4. The highest BCUT2D eigenvalue weighted by atomic mass is 19.1. The summed E-state index contributed by atoms with van der Waals surface area (Å²) in [5, 5.41) is 24.8. The highest BCUT2D eigenvalue weighted by Gasteiger charge is 2.28. The van der Waals surface area contributed by atoms with Crippen molar-refractivity contribution >= 4 is 39.6 Å². The average Bonchev–Trinajstić information content (AvgIpc) is 3.20. The van der Waals surface area contributed by atoms with Gasteiger partial charge in [0.15, 0.2) is 0 Å². The number of benzene rings is 4. The summed E-state index contributed by atoms with van der Waals surface area (Å²) in [6.07, 6.45) is 4.95. The van der Waals surface area contributed by atoms with Gasteiger partial charge in [0, 0.05) is 46.3 Å². The van der Waals surface area contributed by atoms with Gasteiger partial charge in [0.05, 0.1) is 0 Å². The standard InChI is InChI=1S/C33H33FN4O/c1-3-5-8-20-9-6-10-22(15-20)30-29-23(18-27-31(30)33(36)38-32(27)35)17-24(34)19-28(29)37-25-13-11-21(12-14-25)16-26(39)7-4-2/h6,9-15,17-19,37H,3-5,7-8,16H2,1-2H3,(H3,35,36,38). The lowest BCUT2D eigenvalue weighted by molar-refractivity contribution is -0.118. The van der Waals surface area contributed by atoms with Crippen molar-refractivity contribution in [2.45, 2.75) is 52.4 Å². The first-order chi connectivity index (χ1) is 18.9. The minimum Gasteiger partial charge on any atom is -0.355 e. The number of fused-ring (bicyclic) bond motifs is 2.